The van der Waals surface area contributed by atoms with Gasteiger partial charge in [0.25, 0.3) is 5.91 Å². The van der Waals surface area contributed by atoms with Crippen molar-refractivity contribution in [2.45, 2.75) is 37.5 Å². The van der Waals surface area contributed by atoms with Crippen LogP contribution in [0.4, 0.5) is 0 Å². The average molecular weight is 266 g/mol. The Hall–Kier alpha value is -1.23. The zero-order chi connectivity index (χ0) is 13.0. The van der Waals surface area contributed by atoms with Crippen molar-refractivity contribution in [3.05, 3.63) is 24.0 Å². The summed E-state index contributed by atoms with van der Waals surface area (Å²) in [5.74, 6) is 1.00. The summed E-state index contributed by atoms with van der Waals surface area (Å²) < 4.78 is 0. The quantitative estimate of drug-likeness (QED) is 0.877. The molecule has 1 aromatic rings. The molecule has 1 fully saturated rings. The number of hydrogen-bond donors (Lipinski definition) is 2. The van der Waals surface area contributed by atoms with E-state index in [0.29, 0.717) is 10.8 Å². The molecular weight excluding hydrogens is 248 g/mol. The first kappa shape index (κ1) is 13.2. The van der Waals surface area contributed by atoms with Crippen molar-refractivity contribution in [3.8, 4) is 5.75 Å². The summed E-state index contributed by atoms with van der Waals surface area (Å²) in [4.78, 5) is 15.8. The summed E-state index contributed by atoms with van der Waals surface area (Å²) in [5.41, 5.74) is 0.418. The van der Waals surface area contributed by atoms with Crippen LogP contribution in [0.3, 0.4) is 0 Å². The van der Waals surface area contributed by atoms with Gasteiger partial charge in [0.1, 0.15) is 5.75 Å². The van der Waals surface area contributed by atoms with Crippen molar-refractivity contribution in [2.75, 3.05) is 5.75 Å². The fourth-order valence-electron chi connectivity index (χ4n) is 2.28. The van der Waals surface area contributed by atoms with E-state index in [-0.39, 0.29) is 17.7 Å². The summed E-state index contributed by atoms with van der Waals surface area (Å²) in [5, 5.41) is 13.0. The van der Waals surface area contributed by atoms with Crippen molar-refractivity contribution >= 4 is 17.7 Å². The van der Waals surface area contributed by atoms with Crippen molar-refractivity contribution < 1.29 is 9.90 Å². The first-order valence-electron chi connectivity index (χ1n) is 6.25. The molecule has 2 unspecified atom stereocenters. The minimum atomic E-state index is -0.148. The van der Waals surface area contributed by atoms with E-state index in [1.165, 1.54) is 24.9 Å². The average Bonchev–Trinajstić information content (AvgIpc) is 2.77. The molecule has 1 saturated carbocycles. The highest BCUT2D eigenvalue weighted by atomic mass is 32.2. The van der Waals surface area contributed by atoms with Crippen LogP contribution < -0.4 is 5.32 Å². The molecule has 0 radical (unpaired) electrons. The highest BCUT2D eigenvalue weighted by molar-refractivity contribution is 7.99. The zero-order valence-corrected chi connectivity index (χ0v) is 11.2. The highest BCUT2D eigenvalue weighted by Gasteiger charge is 2.26. The van der Waals surface area contributed by atoms with Crippen LogP contribution >= 0.6 is 11.8 Å². The third kappa shape index (κ3) is 3.38. The van der Waals surface area contributed by atoms with E-state index in [4.69, 9.17) is 0 Å². The van der Waals surface area contributed by atoms with Gasteiger partial charge in [-0.3, -0.25) is 9.78 Å². The first-order valence-corrected chi connectivity index (χ1v) is 7.30. The number of aromatic hydroxyl groups is 1. The van der Waals surface area contributed by atoms with Crippen molar-refractivity contribution in [1.29, 1.82) is 0 Å². The smallest absolute Gasteiger partial charge is 0.253 e. The Bertz CT molecular complexity index is 425. The maximum atomic E-state index is 11.9. The van der Waals surface area contributed by atoms with Crippen LogP contribution in [0.15, 0.2) is 18.5 Å². The second kappa shape index (κ2) is 6.09. The summed E-state index contributed by atoms with van der Waals surface area (Å²) >= 11 is 1.96. The largest absolute Gasteiger partial charge is 0.506 e. The molecule has 2 atom stereocenters. The van der Waals surface area contributed by atoms with E-state index in [9.17, 15) is 9.90 Å². The van der Waals surface area contributed by atoms with E-state index in [1.54, 1.807) is 0 Å². The number of nitrogens with one attached hydrogen (secondary N) is 1. The highest BCUT2D eigenvalue weighted by Crippen LogP contribution is 2.29. The molecule has 18 heavy (non-hydrogen) atoms. The predicted octanol–water partition coefficient (Wildman–Crippen LogP) is 2.19. The van der Waals surface area contributed by atoms with Crippen LogP contribution in [0, 0.1) is 0 Å². The lowest BCUT2D eigenvalue weighted by Gasteiger charge is -2.13. The first-order chi connectivity index (χ1) is 8.69. The van der Waals surface area contributed by atoms with Crippen molar-refractivity contribution in [1.82, 2.24) is 10.3 Å². The molecule has 0 saturated heterocycles. The molecule has 0 bridgehead atoms. The van der Waals surface area contributed by atoms with E-state index < -0.39 is 0 Å². The summed E-state index contributed by atoms with van der Waals surface area (Å²) in [6.07, 6.45) is 6.04. The molecular formula is C13H18N2O2S. The van der Waals surface area contributed by atoms with Crippen LogP contribution in [0.5, 0.6) is 5.75 Å². The molecule has 5 heteroatoms. The fourth-order valence-corrected chi connectivity index (χ4v) is 3.42. The zero-order valence-electron chi connectivity index (χ0n) is 10.4. The van der Waals surface area contributed by atoms with E-state index in [0.717, 1.165) is 18.6 Å². The number of carbonyl (C=O) groups is 1. The fraction of sp³-hybridized carbons (Fsp3) is 0.538. The lowest BCUT2D eigenvalue weighted by Crippen LogP contribution is -2.33. The number of hydrogen-bond acceptors (Lipinski definition) is 4. The Morgan fingerprint density at radius 3 is 3.11 bits per heavy atom. The van der Waals surface area contributed by atoms with Gasteiger partial charge in [0.2, 0.25) is 0 Å². The van der Waals surface area contributed by atoms with Crippen LogP contribution in [0.2, 0.25) is 0 Å². The number of aromatic nitrogens is 1. The molecule has 4 nitrogen and oxygen atoms in total. The minimum Gasteiger partial charge on any atom is -0.506 e. The monoisotopic (exact) mass is 266 g/mol. The summed E-state index contributed by atoms with van der Waals surface area (Å²) in [6, 6.07) is 1.69. The number of amides is 1. The number of rotatable bonds is 4. The van der Waals surface area contributed by atoms with Gasteiger partial charge in [-0.15, -0.1) is 0 Å². The van der Waals surface area contributed by atoms with Gasteiger partial charge >= 0.3 is 0 Å². The SMILES string of the molecule is CCSC1CCC(NC(=O)c2cncc(O)c2)C1. The Morgan fingerprint density at radius 2 is 2.39 bits per heavy atom. The van der Waals surface area contributed by atoms with Crippen molar-refractivity contribution in [2.24, 2.45) is 0 Å². The van der Waals surface area contributed by atoms with Gasteiger partial charge in [-0.2, -0.15) is 11.8 Å². The van der Waals surface area contributed by atoms with Gasteiger partial charge in [-0.1, -0.05) is 6.92 Å². The molecule has 1 amide bonds. The molecule has 1 aliphatic carbocycles. The molecule has 98 valence electrons. The summed E-state index contributed by atoms with van der Waals surface area (Å²) in [7, 11) is 0. The van der Waals surface area contributed by atoms with Crippen LogP contribution in [0.1, 0.15) is 36.5 Å². The Balaban J connectivity index is 1.89. The van der Waals surface area contributed by atoms with E-state index >= 15 is 0 Å². The lowest BCUT2D eigenvalue weighted by molar-refractivity contribution is 0.0937. The molecule has 1 heterocycles. The van der Waals surface area contributed by atoms with E-state index in [2.05, 4.69) is 17.2 Å². The molecule has 2 N–H and O–H groups in total. The number of thioether (sulfide) groups is 1. The Kier molecular flexibility index (Phi) is 4.47. The number of carbonyl (C=O) groups excluding carboxylic acids is 1. The molecule has 0 aromatic carbocycles. The van der Waals surface area contributed by atoms with Crippen LogP contribution in [-0.2, 0) is 0 Å². The molecule has 2 rings (SSSR count). The van der Waals surface area contributed by atoms with Gasteiger partial charge in [-0.05, 0) is 31.1 Å². The van der Waals surface area contributed by atoms with Gasteiger partial charge < -0.3 is 10.4 Å². The predicted molar refractivity (Wildman–Crippen MR) is 72.9 cm³/mol. The van der Waals surface area contributed by atoms with Crippen molar-refractivity contribution in [3.63, 3.8) is 0 Å². The molecule has 1 aliphatic rings. The molecule has 0 aliphatic heterocycles. The lowest BCUT2D eigenvalue weighted by atomic mass is 10.2. The topological polar surface area (TPSA) is 62.2 Å². The second-order valence-electron chi connectivity index (χ2n) is 4.49. The minimum absolute atomic E-state index is 0.0217. The number of nitrogens with zero attached hydrogens (tertiary/aromatic N) is 1. The summed E-state index contributed by atoms with van der Waals surface area (Å²) in [6.45, 7) is 2.16. The van der Waals surface area contributed by atoms with Gasteiger partial charge in [0, 0.05) is 17.5 Å². The third-order valence-electron chi connectivity index (χ3n) is 3.11. The van der Waals surface area contributed by atoms with Gasteiger partial charge in [0.15, 0.2) is 0 Å². The van der Waals surface area contributed by atoms with Gasteiger partial charge in [-0.25, -0.2) is 0 Å². The third-order valence-corrected chi connectivity index (χ3v) is 4.34. The molecule has 1 aromatic heterocycles. The van der Waals surface area contributed by atoms with Gasteiger partial charge in [0.05, 0.1) is 11.8 Å². The Labute approximate surface area is 111 Å². The number of pyridine rings is 1. The normalized spacial score (nSPS) is 22.9. The van der Waals surface area contributed by atoms with Crippen LogP contribution in [-0.4, -0.2) is 33.0 Å². The maximum Gasteiger partial charge on any atom is 0.253 e. The Morgan fingerprint density at radius 1 is 1.56 bits per heavy atom. The second-order valence-corrected chi connectivity index (χ2v) is 6.07. The maximum absolute atomic E-state index is 11.9. The van der Waals surface area contributed by atoms with Crippen LogP contribution in [0.25, 0.3) is 0 Å². The molecule has 0 spiro atoms. The van der Waals surface area contributed by atoms with E-state index in [1.807, 2.05) is 11.8 Å². The standard InChI is InChI=1S/C13H18N2O2S/c1-2-18-12-4-3-10(6-12)15-13(17)9-5-11(16)8-14-7-9/h5,7-8,10,12,16H,2-4,6H2,1H3,(H,15,17).